The number of benzene rings is 3. The highest BCUT2D eigenvalue weighted by Crippen LogP contribution is 2.39. The SMILES string of the molecule is CCN(C1CCc2cc(C(=O)Nc3ccccc3N)ccc21)S(=O)(=O)c1cccc(C)c1. The predicted molar refractivity (Wildman–Crippen MR) is 127 cm³/mol. The summed E-state index contributed by atoms with van der Waals surface area (Å²) in [6.45, 7) is 4.11. The zero-order chi connectivity index (χ0) is 22.9. The molecule has 0 spiro atoms. The van der Waals surface area contributed by atoms with Crippen LogP contribution in [0.2, 0.25) is 0 Å². The third kappa shape index (κ3) is 4.13. The molecule has 0 saturated carbocycles. The third-order valence-corrected chi connectivity index (χ3v) is 7.90. The van der Waals surface area contributed by atoms with Crippen molar-refractivity contribution >= 4 is 27.3 Å². The molecular weight excluding hydrogens is 422 g/mol. The van der Waals surface area contributed by atoms with Crippen LogP contribution in [-0.4, -0.2) is 25.2 Å². The Balaban J connectivity index is 1.60. The van der Waals surface area contributed by atoms with E-state index in [0.29, 0.717) is 41.2 Å². The lowest BCUT2D eigenvalue weighted by Gasteiger charge is -2.28. The Hall–Kier alpha value is -3.16. The van der Waals surface area contributed by atoms with Gasteiger partial charge in [0.1, 0.15) is 0 Å². The first-order chi connectivity index (χ1) is 15.3. The Morgan fingerprint density at radius 1 is 1.09 bits per heavy atom. The fourth-order valence-corrected chi connectivity index (χ4v) is 6.06. The van der Waals surface area contributed by atoms with Crippen LogP contribution in [0, 0.1) is 6.92 Å². The summed E-state index contributed by atoms with van der Waals surface area (Å²) in [6.07, 6.45) is 1.40. The lowest BCUT2D eigenvalue weighted by atomic mass is 10.0. The summed E-state index contributed by atoms with van der Waals surface area (Å²) in [5.41, 5.74) is 10.4. The van der Waals surface area contributed by atoms with E-state index in [1.165, 1.54) is 0 Å². The number of rotatable bonds is 6. The predicted octanol–water partition coefficient (Wildman–Crippen LogP) is 4.53. The molecule has 0 aliphatic heterocycles. The fourth-order valence-electron chi connectivity index (χ4n) is 4.31. The Morgan fingerprint density at radius 2 is 1.88 bits per heavy atom. The van der Waals surface area contributed by atoms with Gasteiger partial charge in [0.15, 0.2) is 0 Å². The lowest BCUT2D eigenvalue weighted by Crippen LogP contribution is -2.34. The summed E-state index contributed by atoms with van der Waals surface area (Å²) in [4.78, 5) is 13.1. The Labute approximate surface area is 189 Å². The molecular formula is C25H27N3O3S. The van der Waals surface area contributed by atoms with Crippen molar-refractivity contribution in [3.63, 3.8) is 0 Å². The zero-order valence-electron chi connectivity index (χ0n) is 18.2. The highest BCUT2D eigenvalue weighted by atomic mass is 32.2. The molecule has 3 aromatic carbocycles. The number of anilines is 2. The second-order valence-electron chi connectivity index (χ2n) is 8.03. The fraction of sp³-hybridized carbons (Fsp3) is 0.240. The van der Waals surface area contributed by atoms with Crippen LogP contribution in [0.1, 0.15) is 46.4 Å². The summed E-state index contributed by atoms with van der Waals surface area (Å²) in [7, 11) is -3.63. The van der Waals surface area contributed by atoms with Crippen LogP contribution in [0.4, 0.5) is 11.4 Å². The molecule has 0 bridgehead atoms. The van der Waals surface area contributed by atoms with Gasteiger partial charge in [0.25, 0.3) is 5.91 Å². The average molecular weight is 450 g/mol. The van der Waals surface area contributed by atoms with Gasteiger partial charge in [-0.2, -0.15) is 4.31 Å². The normalized spacial score (nSPS) is 15.5. The van der Waals surface area contributed by atoms with E-state index in [9.17, 15) is 13.2 Å². The van der Waals surface area contributed by atoms with E-state index in [1.807, 2.05) is 44.2 Å². The maximum atomic E-state index is 13.4. The molecule has 3 aromatic rings. The number of hydrogen-bond donors (Lipinski definition) is 2. The van der Waals surface area contributed by atoms with E-state index in [-0.39, 0.29) is 11.9 Å². The van der Waals surface area contributed by atoms with E-state index in [4.69, 9.17) is 5.73 Å². The number of amides is 1. The standard InChI is InChI=1S/C25H27N3O3S/c1-3-28(32(30,31)20-8-6-7-17(2)15-20)24-14-12-18-16-19(11-13-21(18)24)25(29)27-23-10-5-4-9-22(23)26/h4-11,13,15-16,24H,3,12,14,26H2,1-2H3,(H,27,29). The summed E-state index contributed by atoms with van der Waals surface area (Å²) in [6, 6.07) is 19.3. The maximum Gasteiger partial charge on any atom is 0.255 e. The van der Waals surface area contributed by atoms with Crippen molar-refractivity contribution in [2.45, 2.75) is 37.6 Å². The molecule has 32 heavy (non-hydrogen) atoms. The van der Waals surface area contributed by atoms with Gasteiger partial charge in [0.2, 0.25) is 10.0 Å². The zero-order valence-corrected chi connectivity index (χ0v) is 19.0. The molecule has 0 radical (unpaired) electrons. The largest absolute Gasteiger partial charge is 0.397 e. The van der Waals surface area contributed by atoms with Crippen molar-refractivity contribution in [2.24, 2.45) is 0 Å². The molecule has 3 N–H and O–H groups in total. The lowest BCUT2D eigenvalue weighted by molar-refractivity contribution is 0.102. The summed E-state index contributed by atoms with van der Waals surface area (Å²) < 4.78 is 28.3. The molecule has 4 rings (SSSR count). The van der Waals surface area contributed by atoms with Crippen LogP contribution in [-0.2, 0) is 16.4 Å². The van der Waals surface area contributed by atoms with E-state index in [1.54, 1.807) is 40.7 Å². The summed E-state index contributed by atoms with van der Waals surface area (Å²) in [5.74, 6) is -0.242. The first-order valence-electron chi connectivity index (χ1n) is 10.7. The second-order valence-corrected chi connectivity index (χ2v) is 9.92. The molecule has 7 heteroatoms. The molecule has 1 aliphatic rings. The average Bonchev–Trinajstić information content (AvgIpc) is 3.18. The molecule has 0 aromatic heterocycles. The molecule has 1 aliphatic carbocycles. The number of nitrogens with zero attached hydrogens (tertiary/aromatic N) is 1. The topological polar surface area (TPSA) is 92.5 Å². The number of nitrogens with one attached hydrogen (secondary N) is 1. The molecule has 0 heterocycles. The Morgan fingerprint density at radius 3 is 2.59 bits per heavy atom. The smallest absolute Gasteiger partial charge is 0.255 e. The monoisotopic (exact) mass is 449 g/mol. The number of carbonyl (C=O) groups is 1. The van der Waals surface area contributed by atoms with Gasteiger partial charge in [0, 0.05) is 12.1 Å². The molecule has 1 atom stereocenters. The van der Waals surface area contributed by atoms with Crippen molar-refractivity contribution in [1.82, 2.24) is 4.31 Å². The van der Waals surface area contributed by atoms with Crippen molar-refractivity contribution in [1.29, 1.82) is 0 Å². The Bertz CT molecular complexity index is 1270. The number of sulfonamides is 1. The van der Waals surface area contributed by atoms with Gasteiger partial charge < -0.3 is 11.1 Å². The number of fused-ring (bicyclic) bond motifs is 1. The van der Waals surface area contributed by atoms with Crippen molar-refractivity contribution in [3.8, 4) is 0 Å². The Kier molecular flexibility index (Phi) is 6.04. The van der Waals surface area contributed by atoms with Gasteiger partial charge in [-0.1, -0.05) is 37.3 Å². The van der Waals surface area contributed by atoms with E-state index in [2.05, 4.69) is 5.32 Å². The number of para-hydroxylation sites is 2. The molecule has 1 amide bonds. The number of hydrogen-bond acceptors (Lipinski definition) is 4. The van der Waals surface area contributed by atoms with E-state index >= 15 is 0 Å². The molecule has 1 unspecified atom stereocenters. The third-order valence-electron chi connectivity index (χ3n) is 5.92. The maximum absolute atomic E-state index is 13.4. The molecule has 6 nitrogen and oxygen atoms in total. The van der Waals surface area contributed by atoms with Gasteiger partial charge in [-0.25, -0.2) is 8.42 Å². The number of carbonyl (C=O) groups excluding carboxylic acids is 1. The van der Waals surface area contributed by atoms with Gasteiger partial charge >= 0.3 is 0 Å². The van der Waals surface area contributed by atoms with E-state index < -0.39 is 10.0 Å². The van der Waals surface area contributed by atoms with Crippen LogP contribution in [0.5, 0.6) is 0 Å². The molecule has 0 fully saturated rings. The highest BCUT2D eigenvalue weighted by molar-refractivity contribution is 7.89. The first-order valence-corrected chi connectivity index (χ1v) is 12.1. The summed E-state index contributed by atoms with van der Waals surface area (Å²) in [5, 5.41) is 2.84. The van der Waals surface area contributed by atoms with Crippen LogP contribution in [0.25, 0.3) is 0 Å². The van der Waals surface area contributed by atoms with Crippen molar-refractivity contribution < 1.29 is 13.2 Å². The second kappa shape index (κ2) is 8.76. The number of nitrogen functional groups attached to an aromatic ring is 1. The minimum Gasteiger partial charge on any atom is -0.397 e. The quantitative estimate of drug-likeness (QED) is 0.541. The van der Waals surface area contributed by atoms with Crippen molar-refractivity contribution in [3.05, 3.63) is 89.0 Å². The highest BCUT2D eigenvalue weighted by Gasteiger charge is 2.35. The van der Waals surface area contributed by atoms with Crippen LogP contribution >= 0.6 is 0 Å². The van der Waals surface area contributed by atoms with E-state index in [0.717, 1.165) is 16.7 Å². The van der Waals surface area contributed by atoms with Crippen molar-refractivity contribution in [2.75, 3.05) is 17.6 Å². The minimum absolute atomic E-state index is 0.242. The van der Waals surface area contributed by atoms with Gasteiger partial charge in [-0.3, -0.25) is 4.79 Å². The minimum atomic E-state index is -3.63. The molecule has 166 valence electrons. The van der Waals surface area contributed by atoms with Crippen LogP contribution in [0.3, 0.4) is 0 Å². The number of nitrogens with two attached hydrogens (primary N) is 1. The first kappa shape index (κ1) is 22.0. The van der Waals surface area contributed by atoms with Crippen LogP contribution < -0.4 is 11.1 Å². The van der Waals surface area contributed by atoms with Gasteiger partial charge in [-0.05, 0) is 72.9 Å². The van der Waals surface area contributed by atoms with Gasteiger partial charge in [0.05, 0.1) is 22.3 Å². The summed E-state index contributed by atoms with van der Waals surface area (Å²) >= 11 is 0. The van der Waals surface area contributed by atoms with Crippen LogP contribution in [0.15, 0.2) is 71.6 Å². The van der Waals surface area contributed by atoms with Gasteiger partial charge in [-0.15, -0.1) is 0 Å². The number of aryl methyl sites for hydroxylation is 2. The molecule has 0 saturated heterocycles.